The van der Waals surface area contributed by atoms with Crippen LogP contribution < -0.4 is 11.1 Å². The molecular weight excluding hydrogens is 317 g/mol. The normalized spacial score (nSPS) is 13.2. The number of carboxylic acid groups (broad SMARTS) is 1. The standard InChI is InChI=1S/C10H10BrF3N2O2/c11-6-2-1-5(10(12,13)14)3-8(6)16-4-7(15)9(17)18/h1-3,7,16H,4,15H2,(H,17,18). The molecular formula is C10H10BrF3N2O2. The number of aliphatic carboxylic acids is 1. The molecule has 0 fully saturated rings. The Morgan fingerprint density at radius 3 is 2.61 bits per heavy atom. The number of rotatable bonds is 4. The van der Waals surface area contributed by atoms with Gasteiger partial charge in [0.25, 0.3) is 0 Å². The van der Waals surface area contributed by atoms with Crippen LogP contribution in [0.25, 0.3) is 0 Å². The zero-order valence-corrected chi connectivity index (χ0v) is 10.5. The number of nitrogens with two attached hydrogens (primary N) is 1. The number of anilines is 1. The lowest BCUT2D eigenvalue weighted by atomic mass is 10.2. The molecule has 1 aromatic carbocycles. The van der Waals surface area contributed by atoms with Gasteiger partial charge >= 0.3 is 12.1 Å². The van der Waals surface area contributed by atoms with Gasteiger partial charge in [-0.15, -0.1) is 0 Å². The zero-order valence-electron chi connectivity index (χ0n) is 8.96. The van der Waals surface area contributed by atoms with E-state index < -0.39 is 23.8 Å². The number of halogens is 4. The third-order valence-electron chi connectivity index (χ3n) is 2.12. The number of carboxylic acids is 1. The van der Waals surface area contributed by atoms with E-state index in [9.17, 15) is 18.0 Å². The van der Waals surface area contributed by atoms with E-state index in [0.717, 1.165) is 12.1 Å². The maximum Gasteiger partial charge on any atom is 0.416 e. The molecule has 1 rings (SSSR count). The van der Waals surface area contributed by atoms with Crippen LogP contribution in [0.15, 0.2) is 22.7 Å². The summed E-state index contributed by atoms with van der Waals surface area (Å²) in [4.78, 5) is 10.5. The third-order valence-corrected chi connectivity index (χ3v) is 2.81. The topological polar surface area (TPSA) is 75.3 Å². The predicted molar refractivity (Wildman–Crippen MR) is 63.2 cm³/mol. The van der Waals surface area contributed by atoms with Crippen LogP contribution in [0, 0.1) is 0 Å². The fourth-order valence-electron chi connectivity index (χ4n) is 1.14. The van der Waals surface area contributed by atoms with Crippen LogP contribution in [0.4, 0.5) is 18.9 Å². The minimum Gasteiger partial charge on any atom is -0.480 e. The summed E-state index contributed by atoms with van der Waals surface area (Å²) in [7, 11) is 0. The van der Waals surface area contributed by atoms with Crippen LogP contribution in [-0.4, -0.2) is 23.7 Å². The SMILES string of the molecule is NC(CNc1cc(C(F)(F)F)ccc1Br)C(=O)O. The van der Waals surface area contributed by atoms with Gasteiger partial charge in [-0.2, -0.15) is 13.2 Å². The largest absolute Gasteiger partial charge is 0.480 e. The van der Waals surface area contributed by atoms with Crippen molar-refractivity contribution < 1.29 is 23.1 Å². The van der Waals surface area contributed by atoms with Gasteiger partial charge in [-0.05, 0) is 34.1 Å². The van der Waals surface area contributed by atoms with Crippen LogP contribution in [-0.2, 0) is 11.0 Å². The first kappa shape index (κ1) is 14.8. The molecule has 0 saturated carbocycles. The quantitative estimate of drug-likeness (QED) is 0.793. The summed E-state index contributed by atoms with van der Waals surface area (Å²) in [5.74, 6) is -1.23. The highest BCUT2D eigenvalue weighted by Gasteiger charge is 2.30. The lowest BCUT2D eigenvalue weighted by Gasteiger charge is -2.14. The molecule has 0 saturated heterocycles. The molecule has 0 aliphatic carbocycles. The summed E-state index contributed by atoms with van der Waals surface area (Å²) in [5, 5.41) is 11.1. The second-order valence-electron chi connectivity index (χ2n) is 3.52. The minimum absolute atomic E-state index is 0.140. The van der Waals surface area contributed by atoms with Gasteiger partial charge in [-0.3, -0.25) is 4.79 Å². The average Bonchev–Trinajstić information content (AvgIpc) is 2.25. The van der Waals surface area contributed by atoms with Crippen LogP contribution >= 0.6 is 15.9 Å². The Hall–Kier alpha value is -1.28. The number of hydrogen-bond acceptors (Lipinski definition) is 3. The van der Waals surface area contributed by atoms with E-state index in [2.05, 4.69) is 21.2 Å². The second kappa shape index (κ2) is 5.57. The molecule has 0 aromatic heterocycles. The van der Waals surface area contributed by atoms with Crippen molar-refractivity contribution in [3.8, 4) is 0 Å². The van der Waals surface area contributed by atoms with E-state index in [4.69, 9.17) is 10.8 Å². The fourth-order valence-corrected chi connectivity index (χ4v) is 1.53. The molecule has 0 spiro atoms. The molecule has 4 nitrogen and oxygen atoms in total. The highest BCUT2D eigenvalue weighted by atomic mass is 79.9. The lowest BCUT2D eigenvalue weighted by molar-refractivity contribution is -0.138. The molecule has 1 aromatic rings. The van der Waals surface area contributed by atoms with Gasteiger partial charge in [0.05, 0.1) is 5.56 Å². The first-order valence-electron chi connectivity index (χ1n) is 4.81. The maximum atomic E-state index is 12.5. The molecule has 100 valence electrons. The van der Waals surface area contributed by atoms with Crippen molar-refractivity contribution in [3.63, 3.8) is 0 Å². The molecule has 0 radical (unpaired) electrons. The summed E-state index contributed by atoms with van der Waals surface area (Å²) in [6, 6.07) is 1.86. The monoisotopic (exact) mass is 326 g/mol. The number of carbonyl (C=O) groups is 1. The summed E-state index contributed by atoms with van der Waals surface area (Å²) >= 11 is 3.07. The van der Waals surface area contributed by atoms with Gasteiger partial charge in [0.15, 0.2) is 0 Å². The lowest BCUT2D eigenvalue weighted by Crippen LogP contribution is -2.37. The molecule has 0 aliphatic rings. The summed E-state index contributed by atoms with van der Waals surface area (Å²) in [6.07, 6.45) is -4.45. The van der Waals surface area contributed by atoms with Gasteiger partial charge in [0, 0.05) is 16.7 Å². The van der Waals surface area contributed by atoms with Gasteiger partial charge < -0.3 is 16.2 Å². The maximum absolute atomic E-state index is 12.5. The molecule has 0 aliphatic heterocycles. The second-order valence-corrected chi connectivity index (χ2v) is 4.37. The first-order chi connectivity index (χ1) is 8.21. The molecule has 0 bridgehead atoms. The summed E-state index contributed by atoms with van der Waals surface area (Å²) < 4.78 is 37.8. The van der Waals surface area contributed by atoms with Crippen LogP contribution in [0.2, 0.25) is 0 Å². The van der Waals surface area contributed by atoms with E-state index in [1.54, 1.807) is 0 Å². The summed E-state index contributed by atoms with van der Waals surface area (Å²) in [5.41, 5.74) is 4.56. The van der Waals surface area contributed by atoms with Gasteiger partial charge in [-0.1, -0.05) is 0 Å². The number of hydrogen-bond donors (Lipinski definition) is 3. The van der Waals surface area contributed by atoms with Crippen LogP contribution in [0.3, 0.4) is 0 Å². The van der Waals surface area contributed by atoms with Crippen LogP contribution in [0.5, 0.6) is 0 Å². The molecule has 18 heavy (non-hydrogen) atoms. The molecule has 1 atom stereocenters. The van der Waals surface area contributed by atoms with E-state index in [1.807, 2.05) is 0 Å². The third kappa shape index (κ3) is 3.88. The average molecular weight is 327 g/mol. The zero-order chi connectivity index (χ0) is 13.9. The predicted octanol–water partition coefficient (Wildman–Crippen LogP) is 2.29. The minimum atomic E-state index is -4.45. The van der Waals surface area contributed by atoms with Crippen molar-refractivity contribution >= 4 is 27.6 Å². The van der Waals surface area contributed by atoms with Crippen molar-refractivity contribution in [3.05, 3.63) is 28.2 Å². The van der Waals surface area contributed by atoms with Crippen molar-refractivity contribution in [1.29, 1.82) is 0 Å². The van der Waals surface area contributed by atoms with E-state index in [0.29, 0.717) is 4.47 Å². The Morgan fingerprint density at radius 2 is 2.11 bits per heavy atom. The van der Waals surface area contributed by atoms with Gasteiger partial charge in [-0.25, -0.2) is 0 Å². The van der Waals surface area contributed by atoms with Crippen molar-refractivity contribution in [1.82, 2.24) is 0 Å². The van der Waals surface area contributed by atoms with Crippen molar-refractivity contribution in [2.45, 2.75) is 12.2 Å². The highest BCUT2D eigenvalue weighted by molar-refractivity contribution is 9.10. The van der Waals surface area contributed by atoms with E-state index in [-0.39, 0.29) is 12.2 Å². The Balaban J connectivity index is 2.85. The summed E-state index contributed by atoms with van der Waals surface area (Å²) in [6.45, 7) is -0.171. The Labute approximate surface area is 109 Å². The van der Waals surface area contributed by atoms with Crippen LogP contribution in [0.1, 0.15) is 5.56 Å². The molecule has 0 amide bonds. The Kier molecular flexibility index (Phi) is 4.58. The number of nitrogens with one attached hydrogen (secondary N) is 1. The van der Waals surface area contributed by atoms with E-state index >= 15 is 0 Å². The van der Waals surface area contributed by atoms with E-state index in [1.165, 1.54) is 6.07 Å². The number of benzene rings is 1. The van der Waals surface area contributed by atoms with Crippen molar-refractivity contribution in [2.24, 2.45) is 5.73 Å². The highest BCUT2D eigenvalue weighted by Crippen LogP contribution is 2.33. The molecule has 1 unspecified atom stereocenters. The molecule has 4 N–H and O–H groups in total. The Bertz CT molecular complexity index is 451. The van der Waals surface area contributed by atoms with Crippen molar-refractivity contribution in [2.75, 3.05) is 11.9 Å². The van der Waals surface area contributed by atoms with Gasteiger partial charge in [0.2, 0.25) is 0 Å². The smallest absolute Gasteiger partial charge is 0.416 e. The fraction of sp³-hybridized carbons (Fsp3) is 0.300. The first-order valence-corrected chi connectivity index (χ1v) is 5.60. The molecule has 0 heterocycles. The van der Waals surface area contributed by atoms with Gasteiger partial charge in [0.1, 0.15) is 6.04 Å². The molecule has 8 heteroatoms. The number of alkyl halides is 3. The Morgan fingerprint density at radius 1 is 1.50 bits per heavy atom.